The van der Waals surface area contributed by atoms with Crippen molar-refractivity contribution in [1.82, 2.24) is 20.2 Å². The van der Waals surface area contributed by atoms with Gasteiger partial charge in [0.2, 0.25) is 11.8 Å². The maximum Gasteiger partial charge on any atom is 0.246 e. The van der Waals surface area contributed by atoms with Crippen LogP contribution in [0.3, 0.4) is 0 Å². The van der Waals surface area contributed by atoms with E-state index in [0.29, 0.717) is 25.5 Å². The number of nitrogens with one attached hydrogen (secondary N) is 2. The number of hydrogen-bond acceptors (Lipinski definition) is 5. The second-order valence-corrected chi connectivity index (χ2v) is 9.15. The van der Waals surface area contributed by atoms with Gasteiger partial charge in [0, 0.05) is 26.1 Å². The number of β-amino-alcohol motifs (C(OH)–C–C–N with tert-alkyl or cyclic N) is 1. The second kappa shape index (κ2) is 9.62. The molecule has 1 aliphatic heterocycles. The minimum absolute atomic E-state index is 0.205. The fraction of sp³-hybridized carbons (Fsp3) is 0.522. The van der Waals surface area contributed by atoms with Crippen molar-refractivity contribution in [3.63, 3.8) is 0 Å². The zero-order chi connectivity index (χ0) is 22.6. The maximum atomic E-state index is 13.3. The Kier molecular flexibility index (Phi) is 7.12. The molecule has 31 heavy (non-hydrogen) atoms. The molecule has 0 saturated carbocycles. The van der Waals surface area contributed by atoms with Gasteiger partial charge < -0.3 is 25.0 Å². The van der Waals surface area contributed by atoms with E-state index >= 15 is 0 Å². The van der Waals surface area contributed by atoms with Crippen molar-refractivity contribution in [2.24, 2.45) is 5.41 Å². The van der Waals surface area contributed by atoms with Crippen LogP contribution in [0.4, 0.5) is 0 Å². The lowest BCUT2D eigenvalue weighted by molar-refractivity contribution is -0.140. The first-order valence-corrected chi connectivity index (χ1v) is 10.6. The number of aromatic nitrogens is 2. The number of H-pyrrole nitrogens is 1. The molecule has 3 N–H and O–H groups in total. The molecule has 1 aromatic heterocycles. The van der Waals surface area contributed by atoms with E-state index in [1.54, 1.807) is 11.1 Å². The van der Waals surface area contributed by atoms with Gasteiger partial charge in [-0.2, -0.15) is 0 Å². The standard InChI is InChI=1S/C23H32N4O4/c1-15(28)25-20(23(2,3)4)22(30)27-12-18(29)10-19(27)21-24-11-17(26-21)14-31-13-16-8-6-5-7-9-16/h5-9,11,18-20,29H,10,12-14H2,1-4H3,(H,24,26)(H,25,28)/t18-,19+,20-/m1/s1. The Morgan fingerprint density at radius 1 is 1.29 bits per heavy atom. The molecule has 0 unspecified atom stereocenters. The number of aliphatic hydroxyl groups excluding tert-OH is 1. The van der Waals surface area contributed by atoms with Gasteiger partial charge in [-0.15, -0.1) is 0 Å². The smallest absolute Gasteiger partial charge is 0.246 e. The van der Waals surface area contributed by atoms with Crippen LogP contribution in [0.2, 0.25) is 0 Å². The van der Waals surface area contributed by atoms with Gasteiger partial charge in [0.1, 0.15) is 11.9 Å². The summed E-state index contributed by atoms with van der Waals surface area (Å²) in [6.07, 6.45) is 1.51. The highest BCUT2D eigenvalue weighted by Crippen LogP contribution is 2.33. The van der Waals surface area contributed by atoms with Crippen molar-refractivity contribution in [1.29, 1.82) is 0 Å². The molecule has 2 aromatic rings. The highest BCUT2D eigenvalue weighted by Gasteiger charge is 2.43. The average Bonchev–Trinajstić information content (AvgIpc) is 3.32. The molecule has 168 valence electrons. The Balaban J connectivity index is 1.69. The monoisotopic (exact) mass is 428 g/mol. The molecule has 2 amide bonds. The highest BCUT2D eigenvalue weighted by molar-refractivity contribution is 5.88. The first-order chi connectivity index (χ1) is 14.6. The zero-order valence-corrected chi connectivity index (χ0v) is 18.6. The topological polar surface area (TPSA) is 108 Å². The number of imidazole rings is 1. The summed E-state index contributed by atoms with van der Waals surface area (Å²) in [5, 5.41) is 13.0. The van der Waals surface area contributed by atoms with Crippen molar-refractivity contribution in [3.05, 3.63) is 53.6 Å². The number of carbonyl (C=O) groups excluding carboxylic acids is 2. The van der Waals surface area contributed by atoms with Gasteiger partial charge >= 0.3 is 0 Å². The number of aromatic amines is 1. The number of aliphatic hydroxyl groups is 1. The predicted molar refractivity (Wildman–Crippen MR) is 116 cm³/mol. The van der Waals surface area contributed by atoms with E-state index in [0.717, 1.165) is 11.3 Å². The summed E-state index contributed by atoms with van der Waals surface area (Å²) in [6, 6.07) is 8.82. The number of benzene rings is 1. The van der Waals surface area contributed by atoms with Crippen molar-refractivity contribution < 1.29 is 19.4 Å². The molecule has 8 nitrogen and oxygen atoms in total. The lowest BCUT2D eigenvalue weighted by atomic mass is 9.85. The summed E-state index contributed by atoms with van der Waals surface area (Å²) in [4.78, 5) is 34.4. The molecule has 1 saturated heterocycles. The minimum Gasteiger partial charge on any atom is -0.391 e. The minimum atomic E-state index is -0.693. The van der Waals surface area contributed by atoms with E-state index < -0.39 is 17.6 Å². The Labute approximate surface area is 183 Å². The number of ether oxygens (including phenoxy) is 1. The van der Waals surface area contributed by atoms with Gasteiger partial charge in [0.25, 0.3) is 0 Å². The van der Waals surface area contributed by atoms with E-state index in [2.05, 4.69) is 15.3 Å². The third-order valence-corrected chi connectivity index (χ3v) is 5.35. The quantitative estimate of drug-likeness (QED) is 0.627. The van der Waals surface area contributed by atoms with E-state index in [4.69, 9.17) is 4.74 Å². The average molecular weight is 429 g/mol. The molecule has 8 heteroatoms. The highest BCUT2D eigenvalue weighted by atomic mass is 16.5. The molecule has 0 aliphatic carbocycles. The van der Waals surface area contributed by atoms with Gasteiger partial charge in [-0.3, -0.25) is 9.59 Å². The normalized spacial score (nSPS) is 20.0. The number of nitrogens with zero attached hydrogens (tertiary/aromatic N) is 2. The molecule has 3 rings (SSSR count). The van der Waals surface area contributed by atoms with Gasteiger partial charge in [0.05, 0.1) is 31.1 Å². The van der Waals surface area contributed by atoms with Gasteiger partial charge in [0.15, 0.2) is 0 Å². The van der Waals surface area contributed by atoms with E-state index in [1.165, 1.54) is 6.92 Å². The van der Waals surface area contributed by atoms with E-state index in [9.17, 15) is 14.7 Å². The molecular formula is C23H32N4O4. The Hall–Kier alpha value is -2.71. The lowest BCUT2D eigenvalue weighted by Gasteiger charge is -2.35. The Bertz CT molecular complexity index is 890. The first-order valence-electron chi connectivity index (χ1n) is 10.6. The van der Waals surface area contributed by atoms with Crippen LogP contribution in [0.25, 0.3) is 0 Å². The third kappa shape index (κ3) is 5.92. The van der Waals surface area contributed by atoms with Gasteiger partial charge in [-0.05, 0) is 11.0 Å². The van der Waals surface area contributed by atoms with Crippen molar-refractivity contribution in [3.8, 4) is 0 Å². The first kappa shape index (κ1) is 23.0. The molecule has 0 radical (unpaired) electrons. The van der Waals surface area contributed by atoms with E-state index in [1.807, 2.05) is 51.1 Å². The largest absolute Gasteiger partial charge is 0.391 e. The molecule has 3 atom stereocenters. The van der Waals surface area contributed by atoms with Crippen molar-refractivity contribution in [2.45, 2.75) is 65.5 Å². The van der Waals surface area contributed by atoms with Crippen LogP contribution in [0.5, 0.6) is 0 Å². The maximum absolute atomic E-state index is 13.3. The summed E-state index contributed by atoms with van der Waals surface area (Å²) in [5.74, 6) is 0.127. The van der Waals surface area contributed by atoms with Crippen LogP contribution in [0.1, 0.15) is 57.2 Å². The summed E-state index contributed by atoms with van der Waals surface area (Å²) in [6.45, 7) is 8.14. The number of rotatable bonds is 7. The Morgan fingerprint density at radius 2 is 2.00 bits per heavy atom. The molecule has 0 spiro atoms. The van der Waals surface area contributed by atoms with Crippen molar-refractivity contribution in [2.75, 3.05) is 6.54 Å². The zero-order valence-electron chi connectivity index (χ0n) is 18.6. The van der Waals surface area contributed by atoms with Gasteiger partial charge in [-0.25, -0.2) is 4.98 Å². The molecule has 1 fully saturated rings. The van der Waals surface area contributed by atoms with E-state index in [-0.39, 0.29) is 24.4 Å². The van der Waals surface area contributed by atoms with Crippen LogP contribution < -0.4 is 5.32 Å². The van der Waals surface area contributed by atoms with Crippen LogP contribution in [0, 0.1) is 5.41 Å². The van der Waals surface area contributed by atoms with Crippen LogP contribution in [-0.4, -0.2) is 50.5 Å². The predicted octanol–water partition coefficient (Wildman–Crippen LogP) is 2.31. The van der Waals surface area contributed by atoms with Gasteiger partial charge in [-0.1, -0.05) is 51.1 Å². The number of carbonyl (C=O) groups is 2. The SMILES string of the molecule is CC(=O)N[C@H](C(=O)N1C[C@H](O)C[C@H]1c1nc(COCc2ccccc2)c[nH]1)C(C)(C)C. The fourth-order valence-corrected chi connectivity index (χ4v) is 3.80. The summed E-state index contributed by atoms with van der Waals surface area (Å²) in [5.41, 5.74) is 1.34. The molecule has 1 aliphatic rings. The van der Waals surface area contributed by atoms with Crippen LogP contribution in [-0.2, 0) is 27.5 Å². The summed E-state index contributed by atoms with van der Waals surface area (Å²) < 4.78 is 5.74. The van der Waals surface area contributed by atoms with Crippen LogP contribution in [0.15, 0.2) is 36.5 Å². The molecule has 1 aromatic carbocycles. The number of likely N-dealkylation sites (tertiary alicyclic amines) is 1. The molecular weight excluding hydrogens is 396 g/mol. The third-order valence-electron chi connectivity index (χ3n) is 5.35. The fourth-order valence-electron chi connectivity index (χ4n) is 3.80. The lowest BCUT2D eigenvalue weighted by Crippen LogP contribution is -2.54. The Morgan fingerprint density at radius 3 is 2.65 bits per heavy atom. The summed E-state index contributed by atoms with van der Waals surface area (Å²) >= 11 is 0. The second-order valence-electron chi connectivity index (χ2n) is 9.15. The number of hydrogen-bond donors (Lipinski definition) is 3. The van der Waals surface area contributed by atoms with Crippen molar-refractivity contribution >= 4 is 11.8 Å². The molecule has 2 heterocycles. The number of amides is 2. The molecule has 0 bridgehead atoms. The summed E-state index contributed by atoms with van der Waals surface area (Å²) in [7, 11) is 0. The van der Waals surface area contributed by atoms with Crippen LogP contribution >= 0.6 is 0 Å².